The van der Waals surface area contributed by atoms with Crippen molar-refractivity contribution < 1.29 is 23.9 Å². The van der Waals surface area contributed by atoms with Gasteiger partial charge in [0, 0.05) is 39.5 Å². The molecule has 2 atom stereocenters. The summed E-state index contributed by atoms with van der Waals surface area (Å²) in [4.78, 5) is 53.2. The first-order chi connectivity index (χ1) is 15.3. The number of nitrogens with zero attached hydrogens (tertiary/aromatic N) is 2. The van der Waals surface area contributed by atoms with Gasteiger partial charge in [-0.1, -0.05) is 30.3 Å². The van der Waals surface area contributed by atoms with Crippen molar-refractivity contribution in [3.05, 3.63) is 35.9 Å². The van der Waals surface area contributed by atoms with Crippen LogP contribution in [0.5, 0.6) is 0 Å². The van der Waals surface area contributed by atoms with Gasteiger partial charge in [-0.25, -0.2) is 0 Å². The molecule has 9 heteroatoms. The van der Waals surface area contributed by atoms with Crippen LogP contribution in [0.2, 0.25) is 0 Å². The topological polar surface area (TPSA) is 108 Å². The number of ether oxygens (including phenoxy) is 1. The van der Waals surface area contributed by atoms with E-state index in [4.69, 9.17) is 4.74 Å². The third-order valence-corrected chi connectivity index (χ3v) is 6.65. The first kappa shape index (κ1) is 22.3. The van der Waals surface area contributed by atoms with E-state index in [9.17, 15) is 19.2 Å². The highest BCUT2D eigenvalue weighted by Crippen LogP contribution is 2.30. The highest BCUT2D eigenvalue weighted by atomic mass is 16.5. The van der Waals surface area contributed by atoms with Crippen molar-refractivity contribution >= 4 is 23.6 Å². The zero-order chi connectivity index (χ0) is 22.7. The Morgan fingerprint density at radius 2 is 1.66 bits per heavy atom. The van der Waals surface area contributed by atoms with Gasteiger partial charge in [-0.15, -0.1) is 0 Å². The molecule has 1 aromatic carbocycles. The van der Waals surface area contributed by atoms with E-state index in [0.29, 0.717) is 52.0 Å². The van der Waals surface area contributed by atoms with Gasteiger partial charge in [-0.3, -0.25) is 19.2 Å². The molecule has 0 radical (unpaired) electrons. The van der Waals surface area contributed by atoms with Gasteiger partial charge < -0.3 is 25.2 Å². The van der Waals surface area contributed by atoms with Crippen LogP contribution in [0, 0.1) is 0 Å². The number of benzene rings is 1. The largest absolute Gasteiger partial charge is 0.371 e. The number of hydrogen-bond donors (Lipinski definition) is 2. The molecule has 4 amide bonds. The Morgan fingerprint density at radius 3 is 2.34 bits per heavy atom. The van der Waals surface area contributed by atoms with Gasteiger partial charge in [0.25, 0.3) is 0 Å². The molecule has 9 nitrogen and oxygen atoms in total. The maximum absolute atomic E-state index is 13.0. The average molecular weight is 443 g/mol. The van der Waals surface area contributed by atoms with E-state index in [1.54, 1.807) is 16.7 Å². The number of nitrogens with one attached hydrogen (secondary N) is 2. The van der Waals surface area contributed by atoms with Crippen molar-refractivity contribution in [2.75, 3.05) is 32.8 Å². The number of likely N-dealkylation sites (tertiary alicyclic amines) is 1. The molecule has 3 saturated heterocycles. The molecule has 3 aliphatic rings. The molecule has 1 spiro atoms. The minimum absolute atomic E-state index is 0.0493. The van der Waals surface area contributed by atoms with Gasteiger partial charge in [-0.05, 0) is 18.4 Å². The Labute approximate surface area is 187 Å². The van der Waals surface area contributed by atoms with Crippen LogP contribution in [0.15, 0.2) is 30.3 Å². The lowest BCUT2D eigenvalue weighted by molar-refractivity contribution is -0.163. The summed E-state index contributed by atoms with van der Waals surface area (Å²) in [6.45, 7) is 4.10. The van der Waals surface area contributed by atoms with Crippen molar-refractivity contribution in [2.45, 2.75) is 50.3 Å². The van der Waals surface area contributed by atoms with E-state index in [-0.39, 0.29) is 30.0 Å². The zero-order valence-electron chi connectivity index (χ0n) is 18.3. The van der Waals surface area contributed by atoms with Gasteiger partial charge in [0.2, 0.25) is 23.6 Å². The predicted molar refractivity (Wildman–Crippen MR) is 115 cm³/mol. The molecule has 32 heavy (non-hydrogen) atoms. The molecular weight excluding hydrogens is 412 g/mol. The molecule has 0 aromatic heterocycles. The maximum Gasteiger partial charge on any atom is 0.243 e. The third kappa shape index (κ3) is 4.93. The Kier molecular flexibility index (Phi) is 6.45. The van der Waals surface area contributed by atoms with Crippen LogP contribution in [0.1, 0.15) is 31.7 Å². The normalized spacial score (nSPS) is 25.3. The summed E-state index contributed by atoms with van der Waals surface area (Å²) in [5, 5.41) is 5.48. The number of carbonyl (C=O) groups excluding carboxylic acids is 4. The second-order valence-corrected chi connectivity index (χ2v) is 8.87. The first-order valence-electron chi connectivity index (χ1n) is 11.2. The lowest BCUT2D eigenvalue weighted by Gasteiger charge is -2.47. The SMILES string of the molecule is CC(=O)N1CCC2(CC1)CN(C(=O)C[C@@H]1NC(=O)[C@H](Cc3ccccc3)NC1=O)CCO2. The quantitative estimate of drug-likeness (QED) is 0.674. The maximum atomic E-state index is 13.0. The molecule has 172 valence electrons. The fraction of sp³-hybridized carbons (Fsp3) is 0.565. The fourth-order valence-corrected chi connectivity index (χ4v) is 4.71. The predicted octanol–water partition coefficient (Wildman–Crippen LogP) is -0.158. The first-order valence-corrected chi connectivity index (χ1v) is 11.2. The number of carbonyl (C=O) groups is 4. The molecular formula is C23H30N4O5. The Balaban J connectivity index is 1.31. The molecule has 0 saturated carbocycles. The lowest BCUT2D eigenvalue weighted by Crippen LogP contribution is -2.64. The summed E-state index contributed by atoms with van der Waals surface area (Å²) in [7, 11) is 0. The summed E-state index contributed by atoms with van der Waals surface area (Å²) in [6.07, 6.45) is 1.68. The van der Waals surface area contributed by atoms with Gasteiger partial charge in [0.15, 0.2) is 0 Å². The summed E-state index contributed by atoms with van der Waals surface area (Å²) in [5.41, 5.74) is 0.510. The second-order valence-electron chi connectivity index (χ2n) is 8.87. The molecule has 0 bridgehead atoms. The molecule has 3 heterocycles. The Morgan fingerprint density at radius 1 is 1.00 bits per heavy atom. The van der Waals surface area contributed by atoms with E-state index < -0.39 is 17.7 Å². The van der Waals surface area contributed by atoms with Gasteiger partial charge in [0.1, 0.15) is 12.1 Å². The highest BCUT2D eigenvalue weighted by molar-refractivity contribution is 5.99. The minimum atomic E-state index is -0.875. The fourth-order valence-electron chi connectivity index (χ4n) is 4.71. The summed E-state index contributed by atoms with van der Waals surface area (Å²) < 4.78 is 6.03. The molecule has 0 unspecified atom stereocenters. The summed E-state index contributed by atoms with van der Waals surface area (Å²) in [6, 6.07) is 7.97. The van der Waals surface area contributed by atoms with Crippen LogP contribution >= 0.6 is 0 Å². The monoisotopic (exact) mass is 442 g/mol. The van der Waals surface area contributed by atoms with Gasteiger partial charge in [0.05, 0.1) is 18.6 Å². The summed E-state index contributed by atoms with van der Waals surface area (Å²) in [5.74, 6) is -0.741. The highest BCUT2D eigenvalue weighted by Gasteiger charge is 2.42. The van der Waals surface area contributed by atoms with Crippen molar-refractivity contribution in [2.24, 2.45) is 0 Å². The van der Waals surface area contributed by atoms with Gasteiger partial charge in [-0.2, -0.15) is 0 Å². The van der Waals surface area contributed by atoms with E-state index in [2.05, 4.69) is 10.6 Å². The van der Waals surface area contributed by atoms with Crippen LogP contribution in [-0.4, -0.2) is 83.9 Å². The summed E-state index contributed by atoms with van der Waals surface area (Å²) >= 11 is 0. The Hall–Kier alpha value is -2.94. The standard InChI is InChI=1S/C23H30N4O5/c1-16(28)26-9-7-23(8-10-26)15-27(11-12-32-23)20(29)14-19-22(31)24-18(21(30)25-19)13-17-5-3-2-4-6-17/h2-6,18-19H,7-15H2,1H3,(H,24,31)(H,25,30)/t18-,19-/m0/s1. The molecule has 1 aromatic rings. The number of piperidine rings is 1. The molecule has 2 N–H and O–H groups in total. The van der Waals surface area contributed by atoms with E-state index in [1.165, 1.54) is 0 Å². The zero-order valence-corrected chi connectivity index (χ0v) is 18.3. The molecule has 4 rings (SSSR count). The van der Waals surface area contributed by atoms with Crippen LogP contribution < -0.4 is 10.6 Å². The number of rotatable bonds is 4. The number of hydrogen-bond acceptors (Lipinski definition) is 5. The molecule has 3 aliphatic heterocycles. The van der Waals surface area contributed by atoms with Crippen LogP contribution in [-0.2, 0) is 30.3 Å². The van der Waals surface area contributed by atoms with E-state index in [1.807, 2.05) is 30.3 Å². The van der Waals surface area contributed by atoms with Crippen LogP contribution in [0.3, 0.4) is 0 Å². The van der Waals surface area contributed by atoms with Crippen molar-refractivity contribution in [3.63, 3.8) is 0 Å². The number of morpholine rings is 1. The van der Waals surface area contributed by atoms with E-state index in [0.717, 1.165) is 5.56 Å². The smallest absolute Gasteiger partial charge is 0.243 e. The second kappa shape index (κ2) is 9.28. The minimum Gasteiger partial charge on any atom is -0.371 e. The number of amides is 4. The third-order valence-electron chi connectivity index (χ3n) is 6.65. The number of piperazine rings is 1. The average Bonchev–Trinajstić information content (AvgIpc) is 2.78. The van der Waals surface area contributed by atoms with Crippen LogP contribution in [0.25, 0.3) is 0 Å². The molecule has 0 aliphatic carbocycles. The van der Waals surface area contributed by atoms with Crippen molar-refractivity contribution in [1.29, 1.82) is 0 Å². The molecule has 3 fully saturated rings. The van der Waals surface area contributed by atoms with E-state index >= 15 is 0 Å². The van der Waals surface area contributed by atoms with Crippen molar-refractivity contribution in [3.8, 4) is 0 Å². The van der Waals surface area contributed by atoms with Crippen LogP contribution in [0.4, 0.5) is 0 Å². The lowest BCUT2D eigenvalue weighted by atomic mass is 9.89. The van der Waals surface area contributed by atoms with Gasteiger partial charge >= 0.3 is 0 Å². The Bertz CT molecular complexity index is 882. The van der Waals surface area contributed by atoms with Crippen molar-refractivity contribution in [1.82, 2.24) is 20.4 Å².